The molecule has 3 rings (SSSR count). The number of carbonyl (C=O) groups is 2. The molecule has 0 bridgehead atoms. The first-order chi connectivity index (χ1) is 12.2. The number of esters is 1. The van der Waals surface area contributed by atoms with Gasteiger partial charge in [-0.15, -0.1) is 0 Å². The number of amides is 1. The molecule has 130 valence electrons. The van der Waals surface area contributed by atoms with Gasteiger partial charge in [0.2, 0.25) is 0 Å². The number of hydrogen-bond acceptors (Lipinski definition) is 3. The summed E-state index contributed by atoms with van der Waals surface area (Å²) in [6.07, 6.45) is 3.59. The first kappa shape index (κ1) is 17.2. The highest BCUT2D eigenvalue weighted by molar-refractivity contribution is 5.94. The lowest BCUT2D eigenvalue weighted by Gasteiger charge is -2.24. The van der Waals surface area contributed by atoms with Crippen LogP contribution in [-0.2, 0) is 11.2 Å². The topological polar surface area (TPSA) is 55.4 Å². The Morgan fingerprint density at radius 2 is 1.88 bits per heavy atom. The largest absolute Gasteiger partial charge is 0.427 e. The smallest absolute Gasteiger partial charge is 0.311 e. The zero-order valence-electron chi connectivity index (χ0n) is 14.5. The highest BCUT2D eigenvalue weighted by Gasteiger charge is 2.23. The molecule has 2 aromatic carbocycles. The summed E-state index contributed by atoms with van der Waals surface area (Å²) in [5.41, 5.74) is 3.18. The van der Waals surface area contributed by atoms with Crippen LogP contribution in [0.1, 0.15) is 53.6 Å². The zero-order chi connectivity index (χ0) is 17.6. The molecule has 0 fully saturated rings. The van der Waals surface area contributed by atoms with E-state index in [1.54, 1.807) is 24.3 Å². The molecule has 0 saturated carbocycles. The van der Waals surface area contributed by atoms with E-state index in [0.29, 0.717) is 24.3 Å². The summed E-state index contributed by atoms with van der Waals surface area (Å²) in [7, 11) is 0. The first-order valence-electron chi connectivity index (χ1n) is 8.84. The maximum Gasteiger partial charge on any atom is 0.311 e. The average Bonchev–Trinajstić information content (AvgIpc) is 2.63. The number of nitrogens with one attached hydrogen (secondary N) is 1. The molecule has 0 heterocycles. The van der Waals surface area contributed by atoms with Gasteiger partial charge >= 0.3 is 5.97 Å². The van der Waals surface area contributed by atoms with Crippen molar-refractivity contribution in [3.05, 3.63) is 65.2 Å². The summed E-state index contributed by atoms with van der Waals surface area (Å²) in [5, 5.41) is 2.74. The minimum atomic E-state index is -0.229. The van der Waals surface area contributed by atoms with Crippen molar-refractivity contribution in [1.29, 1.82) is 0 Å². The van der Waals surface area contributed by atoms with Gasteiger partial charge in [-0.25, -0.2) is 0 Å². The third-order valence-electron chi connectivity index (χ3n) is 4.59. The highest BCUT2D eigenvalue weighted by atomic mass is 16.5. The normalized spacial score (nSPS) is 16.0. The van der Waals surface area contributed by atoms with Crippen LogP contribution in [0.3, 0.4) is 0 Å². The Kier molecular flexibility index (Phi) is 5.49. The van der Waals surface area contributed by atoms with Crippen LogP contribution >= 0.6 is 0 Å². The van der Waals surface area contributed by atoms with E-state index in [2.05, 4.69) is 23.5 Å². The van der Waals surface area contributed by atoms with Gasteiger partial charge in [0.15, 0.2) is 0 Å². The Hall–Kier alpha value is -2.62. The second-order valence-electron chi connectivity index (χ2n) is 6.35. The molecule has 4 nitrogen and oxygen atoms in total. The summed E-state index contributed by atoms with van der Waals surface area (Å²) in [5.74, 6) is 0.348. The van der Waals surface area contributed by atoms with Crippen LogP contribution in [0, 0.1) is 0 Å². The van der Waals surface area contributed by atoms with Gasteiger partial charge in [0, 0.05) is 12.1 Å². The Balaban J connectivity index is 1.61. The zero-order valence-corrected chi connectivity index (χ0v) is 14.5. The van der Waals surface area contributed by atoms with E-state index < -0.39 is 0 Å². The average molecular weight is 337 g/mol. The van der Waals surface area contributed by atoms with Crippen molar-refractivity contribution in [3.63, 3.8) is 0 Å². The van der Waals surface area contributed by atoms with E-state index in [0.717, 1.165) is 19.3 Å². The predicted octanol–water partition coefficient (Wildman–Crippen LogP) is 3.85. The second kappa shape index (κ2) is 7.97. The molecule has 0 spiro atoms. The molecule has 1 N–H and O–H groups in total. The van der Waals surface area contributed by atoms with Crippen molar-refractivity contribution in [2.45, 2.75) is 38.5 Å². The molecule has 1 atom stereocenters. The van der Waals surface area contributed by atoms with Gasteiger partial charge < -0.3 is 10.1 Å². The van der Waals surface area contributed by atoms with Gasteiger partial charge in [0.05, 0.1) is 6.42 Å². The van der Waals surface area contributed by atoms with Crippen molar-refractivity contribution in [2.24, 2.45) is 0 Å². The van der Waals surface area contributed by atoms with Crippen LogP contribution in [0.25, 0.3) is 0 Å². The van der Waals surface area contributed by atoms with Crippen molar-refractivity contribution in [1.82, 2.24) is 5.32 Å². The Morgan fingerprint density at radius 1 is 1.12 bits per heavy atom. The third-order valence-corrected chi connectivity index (χ3v) is 4.59. The molecule has 1 amide bonds. The molecule has 25 heavy (non-hydrogen) atoms. The minimum absolute atomic E-state index is 0.126. The molecule has 2 aromatic rings. The maximum atomic E-state index is 12.3. The molecule has 0 aromatic heterocycles. The fraction of sp³-hybridized carbons (Fsp3) is 0.333. The molecular weight excluding hydrogens is 314 g/mol. The lowest BCUT2D eigenvalue weighted by molar-refractivity contribution is -0.134. The molecule has 1 aliphatic carbocycles. The maximum absolute atomic E-state index is 12.3. The number of carbonyl (C=O) groups excluding carboxylic acids is 2. The number of fused-ring (bicyclic) bond motifs is 1. The van der Waals surface area contributed by atoms with Gasteiger partial charge in [-0.1, -0.05) is 24.3 Å². The van der Waals surface area contributed by atoms with Gasteiger partial charge in [-0.05, 0) is 67.5 Å². The van der Waals surface area contributed by atoms with Gasteiger partial charge in [0.25, 0.3) is 5.91 Å². The summed E-state index contributed by atoms with van der Waals surface area (Å²) < 4.78 is 5.46. The Labute approximate surface area is 148 Å². The van der Waals surface area contributed by atoms with E-state index in [-0.39, 0.29) is 17.8 Å². The summed E-state index contributed by atoms with van der Waals surface area (Å²) in [6.45, 7) is 2.45. The Morgan fingerprint density at radius 3 is 2.64 bits per heavy atom. The summed E-state index contributed by atoms with van der Waals surface area (Å²) in [6, 6.07) is 15.0. The SMILES string of the molecule is CCNC(=O)c1ccc(OC(=O)CC2CCCc3ccccc32)cc1. The monoisotopic (exact) mass is 337 g/mol. The quantitative estimate of drug-likeness (QED) is 0.666. The standard InChI is InChI=1S/C21H23NO3/c1-2-22-21(24)16-10-12-18(13-11-16)25-20(23)14-17-8-5-7-15-6-3-4-9-19(15)17/h3-4,6,9-13,17H,2,5,7-8,14H2,1H3,(H,22,24). The highest BCUT2D eigenvalue weighted by Crippen LogP contribution is 2.34. The number of aryl methyl sites for hydroxylation is 1. The van der Waals surface area contributed by atoms with Crippen molar-refractivity contribution < 1.29 is 14.3 Å². The third kappa shape index (κ3) is 4.27. The Bertz CT molecular complexity index is 752. The van der Waals surface area contributed by atoms with Crippen LogP contribution in [0.2, 0.25) is 0 Å². The van der Waals surface area contributed by atoms with E-state index in [9.17, 15) is 9.59 Å². The molecule has 0 saturated heterocycles. The van der Waals surface area contributed by atoms with Crippen LogP contribution < -0.4 is 10.1 Å². The van der Waals surface area contributed by atoms with Crippen LogP contribution in [0.15, 0.2) is 48.5 Å². The van der Waals surface area contributed by atoms with Gasteiger partial charge in [-0.2, -0.15) is 0 Å². The van der Waals surface area contributed by atoms with Crippen molar-refractivity contribution in [3.8, 4) is 5.75 Å². The number of ether oxygens (including phenoxy) is 1. The molecule has 4 heteroatoms. The van der Waals surface area contributed by atoms with Crippen LogP contribution in [-0.4, -0.2) is 18.4 Å². The van der Waals surface area contributed by atoms with Crippen LogP contribution in [0.5, 0.6) is 5.75 Å². The van der Waals surface area contributed by atoms with E-state index in [4.69, 9.17) is 4.74 Å². The summed E-state index contributed by atoms with van der Waals surface area (Å²) >= 11 is 0. The number of benzene rings is 2. The number of hydrogen-bond donors (Lipinski definition) is 1. The molecule has 1 unspecified atom stereocenters. The molecule has 0 radical (unpaired) electrons. The fourth-order valence-corrected chi connectivity index (χ4v) is 3.38. The van der Waals surface area contributed by atoms with Gasteiger partial charge in [0.1, 0.15) is 5.75 Å². The van der Waals surface area contributed by atoms with E-state index in [1.807, 2.05) is 13.0 Å². The second-order valence-corrected chi connectivity index (χ2v) is 6.35. The molecule has 1 aliphatic rings. The van der Waals surface area contributed by atoms with E-state index >= 15 is 0 Å². The fourth-order valence-electron chi connectivity index (χ4n) is 3.38. The lowest BCUT2D eigenvalue weighted by Crippen LogP contribution is -2.22. The van der Waals surface area contributed by atoms with E-state index in [1.165, 1.54) is 11.1 Å². The van der Waals surface area contributed by atoms with Crippen molar-refractivity contribution >= 4 is 11.9 Å². The predicted molar refractivity (Wildman–Crippen MR) is 96.8 cm³/mol. The molecule has 0 aliphatic heterocycles. The minimum Gasteiger partial charge on any atom is -0.427 e. The van der Waals surface area contributed by atoms with Gasteiger partial charge in [-0.3, -0.25) is 9.59 Å². The summed E-state index contributed by atoms with van der Waals surface area (Å²) in [4.78, 5) is 24.0. The molecular formula is C21H23NO3. The number of rotatable bonds is 5. The lowest BCUT2D eigenvalue weighted by atomic mass is 9.81. The van der Waals surface area contributed by atoms with Crippen LogP contribution in [0.4, 0.5) is 0 Å². The van der Waals surface area contributed by atoms with Crippen molar-refractivity contribution in [2.75, 3.05) is 6.54 Å². The first-order valence-corrected chi connectivity index (χ1v) is 8.84.